The average Bonchev–Trinajstić information content (AvgIpc) is 2.67. The van der Waals surface area contributed by atoms with Gasteiger partial charge in [-0.25, -0.2) is 18.4 Å². The average molecular weight is 445 g/mol. The lowest BCUT2D eigenvalue weighted by Crippen LogP contribution is -2.18. The van der Waals surface area contributed by atoms with Crippen LogP contribution in [0.2, 0.25) is 5.15 Å². The van der Waals surface area contributed by atoms with Crippen molar-refractivity contribution in [2.24, 2.45) is 0 Å². The van der Waals surface area contributed by atoms with E-state index < -0.39 is 15.8 Å². The molecule has 0 amide bonds. The predicted molar refractivity (Wildman–Crippen MR) is 117 cm³/mol. The van der Waals surface area contributed by atoms with Gasteiger partial charge in [-0.2, -0.15) is 0 Å². The number of halogens is 1. The molecule has 0 radical (unpaired) electrons. The number of hydrogen-bond acceptors (Lipinski definition) is 6. The van der Waals surface area contributed by atoms with Crippen LogP contribution >= 0.6 is 11.6 Å². The minimum Gasteiger partial charge on any atom is -0.397 e. The SMILES string of the molecule is CC(C)(C)c1ccc(S(=O)(=O)Nc2cc(N)cnc2C(=O)c2ccc(Cl)nc2)cc1. The van der Waals surface area contributed by atoms with Gasteiger partial charge in [0.05, 0.1) is 22.5 Å². The number of hydrogen-bond donors (Lipinski definition) is 2. The van der Waals surface area contributed by atoms with Gasteiger partial charge in [0, 0.05) is 11.8 Å². The largest absolute Gasteiger partial charge is 0.397 e. The molecule has 30 heavy (non-hydrogen) atoms. The molecule has 0 saturated heterocycles. The lowest BCUT2D eigenvalue weighted by atomic mass is 9.87. The molecule has 0 spiro atoms. The number of carbonyl (C=O) groups excluding carboxylic acids is 1. The third kappa shape index (κ3) is 4.77. The number of nitrogens with two attached hydrogens (primary N) is 1. The van der Waals surface area contributed by atoms with Crippen molar-refractivity contribution in [1.29, 1.82) is 0 Å². The van der Waals surface area contributed by atoms with Crippen LogP contribution in [0.1, 0.15) is 42.4 Å². The fraction of sp³-hybridized carbons (Fsp3) is 0.190. The predicted octanol–water partition coefficient (Wildman–Crippen LogP) is 4.04. The highest BCUT2D eigenvalue weighted by Gasteiger charge is 2.22. The monoisotopic (exact) mass is 444 g/mol. The molecule has 0 unspecified atom stereocenters. The molecule has 2 aromatic heterocycles. The summed E-state index contributed by atoms with van der Waals surface area (Å²) < 4.78 is 28.2. The van der Waals surface area contributed by atoms with Crippen LogP contribution in [0.25, 0.3) is 0 Å². The highest BCUT2D eigenvalue weighted by Crippen LogP contribution is 2.26. The zero-order valence-electron chi connectivity index (χ0n) is 16.7. The van der Waals surface area contributed by atoms with Gasteiger partial charge in [-0.15, -0.1) is 0 Å². The Morgan fingerprint density at radius 3 is 2.27 bits per heavy atom. The summed E-state index contributed by atoms with van der Waals surface area (Å²) in [4.78, 5) is 20.8. The van der Waals surface area contributed by atoms with Gasteiger partial charge in [-0.1, -0.05) is 44.5 Å². The topological polar surface area (TPSA) is 115 Å². The number of benzene rings is 1. The number of nitrogens with zero attached hydrogens (tertiary/aromatic N) is 2. The van der Waals surface area contributed by atoms with Gasteiger partial charge < -0.3 is 5.73 Å². The molecule has 1 aromatic carbocycles. The Morgan fingerprint density at radius 2 is 1.70 bits per heavy atom. The first-order chi connectivity index (χ1) is 14.0. The molecule has 156 valence electrons. The van der Waals surface area contributed by atoms with Crippen molar-refractivity contribution in [2.75, 3.05) is 10.5 Å². The van der Waals surface area contributed by atoms with Crippen LogP contribution in [0.4, 0.5) is 11.4 Å². The number of anilines is 2. The van der Waals surface area contributed by atoms with Crippen LogP contribution in [0.3, 0.4) is 0 Å². The second-order valence-corrected chi connectivity index (χ2v) is 9.81. The highest BCUT2D eigenvalue weighted by molar-refractivity contribution is 7.92. The molecule has 0 aliphatic rings. The molecule has 3 N–H and O–H groups in total. The van der Waals surface area contributed by atoms with Crippen LogP contribution in [-0.2, 0) is 15.4 Å². The van der Waals surface area contributed by atoms with Gasteiger partial charge >= 0.3 is 0 Å². The summed E-state index contributed by atoms with van der Waals surface area (Å²) >= 11 is 5.76. The fourth-order valence-electron chi connectivity index (χ4n) is 2.72. The summed E-state index contributed by atoms with van der Waals surface area (Å²) in [7, 11) is -3.97. The van der Waals surface area contributed by atoms with Gasteiger partial charge in [0.25, 0.3) is 10.0 Å². The van der Waals surface area contributed by atoms with E-state index in [1.165, 1.54) is 42.7 Å². The fourth-order valence-corrected chi connectivity index (χ4v) is 3.89. The number of carbonyl (C=O) groups is 1. The summed E-state index contributed by atoms with van der Waals surface area (Å²) in [6.45, 7) is 6.12. The molecular weight excluding hydrogens is 424 g/mol. The van der Waals surface area contributed by atoms with E-state index in [1.807, 2.05) is 20.8 Å². The Balaban J connectivity index is 1.97. The number of nitrogen functional groups attached to an aromatic ring is 1. The van der Waals surface area contributed by atoms with Gasteiger partial charge in [0.1, 0.15) is 10.8 Å². The second-order valence-electron chi connectivity index (χ2n) is 7.74. The normalized spacial score (nSPS) is 11.9. The number of ketones is 1. The minimum atomic E-state index is -3.97. The first-order valence-electron chi connectivity index (χ1n) is 9.02. The molecule has 0 aliphatic heterocycles. The smallest absolute Gasteiger partial charge is 0.261 e. The van der Waals surface area contributed by atoms with Crippen molar-refractivity contribution in [3.8, 4) is 0 Å². The maximum Gasteiger partial charge on any atom is 0.261 e. The van der Waals surface area contributed by atoms with E-state index >= 15 is 0 Å². The third-order valence-corrected chi connectivity index (χ3v) is 5.99. The van der Waals surface area contributed by atoms with E-state index in [2.05, 4.69) is 14.7 Å². The molecule has 9 heteroatoms. The third-order valence-electron chi connectivity index (χ3n) is 4.39. The Labute approximate surface area is 180 Å². The van der Waals surface area contributed by atoms with Crippen LogP contribution in [0.5, 0.6) is 0 Å². The number of pyridine rings is 2. The van der Waals surface area contributed by atoms with Crippen molar-refractivity contribution in [1.82, 2.24) is 9.97 Å². The van der Waals surface area contributed by atoms with Crippen LogP contribution in [0, 0.1) is 0 Å². The maximum atomic E-state index is 12.9. The Morgan fingerprint density at radius 1 is 1.03 bits per heavy atom. The van der Waals surface area contributed by atoms with Gasteiger partial charge in [0.15, 0.2) is 0 Å². The van der Waals surface area contributed by atoms with Gasteiger partial charge in [0.2, 0.25) is 5.78 Å². The quantitative estimate of drug-likeness (QED) is 0.453. The van der Waals surface area contributed by atoms with Crippen molar-refractivity contribution in [3.63, 3.8) is 0 Å². The molecule has 3 aromatic rings. The molecule has 0 saturated carbocycles. The van der Waals surface area contributed by atoms with Crippen molar-refractivity contribution in [3.05, 3.63) is 76.8 Å². The van der Waals surface area contributed by atoms with E-state index in [0.29, 0.717) is 0 Å². The van der Waals surface area contributed by atoms with Gasteiger partial charge in [-0.05, 0) is 41.3 Å². The molecule has 7 nitrogen and oxygen atoms in total. The minimum absolute atomic E-state index is 0.0187. The van der Waals surface area contributed by atoms with E-state index in [4.69, 9.17) is 17.3 Å². The summed E-state index contributed by atoms with van der Waals surface area (Å²) in [6.07, 6.45) is 2.58. The van der Waals surface area contributed by atoms with E-state index in [0.717, 1.165) is 5.56 Å². The Bertz CT molecular complexity index is 1190. The molecule has 0 bridgehead atoms. The highest BCUT2D eigenvalue weighted by atomic mass is 35.5. The summed E-state index contributed by atoms with van der Waals surface area (Å²) in [5.41, 5.74) is 6.97. The van der Waals surface area contributed by atoms with Gasteiger partial charge in [-0.3, -0.25) is 9.52 Å². The Hall–Kier alpha value is -2.97. The lowest BCUT2D eigenvalue weighted by Gasteiger charge is -2.19. The maximum absolute atomic E-state index is 12.9. The molecule has 0 atom stereocenters. The standard InChI is InChI=1S/C21H21ClN4O3S/c1-21(2,3)14-5-7-16(8-6-14)30(28,29)26-17-10-15(23)12-25-19(17)20(27)13-4-9-18(22)24-11-13/h4-12,26H,23H2,1-3H3. The van der Waals surface area contributed by atoms with Crippen LogP contribution in [0.15, 0.2) is 59.8 Å². The zero-order valence-corrected chi connectivity index (χ0v) is 18.3. The first kappa shape index (κ1) is 21.7. The summed E-state index contributed by atoms with van der Waals surface area (Å²) in [5, 5.41) is 0.233. The van der Waals surface area contributed by atoms with Crippen molar-refractivity contribution in [2.45, 2.75) is 31.1 Å². The first-order valence-corrected chi connectivity index (χ1v) is 10.9. The summed E-state index contributed by atoms with van der Waals surface area (Å²) in [5.74, 6) is -0.514. The lowest BCUT2D eigenvalue weighted by molar-refractivity contribution is 0.103. The van der Waals surface area contributed by atoms with Crippen molar-refractivity contribution < 1.29 is 13.2 Å². The zero-order chi connectivity index (χ0) is 22.1. The van der Waals surface area contributed by atoms with Crippen LogP contribution < -0.4 is 10.5 Å². The molecule has 2 heterocycles. The molecular formula is C21H21ClN4O3S. The molecule has 0 fully saturated rings. The number of nitrogens with one attached hydrogen (secondary N) is 1. The summed E-state index contributed by atoms with van der Waals surface area (Å²) in [6, 6.07) is 10.9. The number of sulfonamides is 1. The molecule has 0 aliphatic carbocycles. The second kappa shape index (κ2) is 8.04. The van der Waals surface area contributed by atoms with E-state index in [9.17, 15) is 13.2 Å². The van der Waals surface area contributed by atoms with Crippen LogP contribution in [-0.4, -0.2) is 24.2 Å². The van der Waals surface area contributed by atoms with E-state index in [1.54, 1.807) is 12.1 Å². The number of aromatic nitrogens is 2. The van der Waals surface area contributed by atoms with Crippen molar-refractivity contribution >= 4 is 38.8 Å². The number of rotatable bonds is 5. The van der Waals surface area contributed by atoms with E-state index in [-0.39, 0.29) is 38.1 Å². The Kier molecular flexibility index (Phi) is 5.83. The molecule has 3 rings (SSSR count).